The lowest BCUT2D eigenvalue weighted by atomic mass is 9.82. The third kappa shape index (κ3) is 5.57. The number of carbonyl (C=O) groups is 5. The number of carbonyl (C=O) groups excluding carboxylic acids is 5. The van der Waals surface area contributed by atoms with Crippen molar-refractivity contribution in [3.63, 3.8) is 0 Å². The number of benzene rings is 3. The first-order valence-electron chi connectivity index (χ1n) is 13.1. The number of nitro benzene ring substituents is 1. The van der Waals surface area contributed by atoms with E-state index in [4.69, 9.17) is 4.74 Å². The van der Waals surface area contributed by atoms with Crippen molar-refractivity contribution in [1.82, 2.24) is 0 Å². The zero-order chi connectivity index (χ0) is 30.0. The number of nitrogens with zero attached hydrogens (tertiary/aromatic N) is 2. The highest BCUT2D eigenvalue weighted by Crippen LogP contribution is 2.40. The number of allylic oxidation sites excluding steroid dienone is 2. The summed E-state index contributed by atoms with van der Waals surface area (Å²) in [5.41, 5.74) is 1.90. The summed E-state index contributed by atoms with van der Waals surface area (Å²) in [5.74, 6) is -3.34. The van der Waals surface area contributed by atoms with Gasteiger partial charge in [0, 0.05) is 23.4 Å². The lowest BCUT2D eigenvalue weighted by Gasteiger charge is -2.19. The number of anilines is 2. The van der Waals surface area contributed by atoms with Crippen molar-refractivity contribution >= 4 is 46.5 Å². The highest BCUT2D eigenvalue weighted by Gasteiger charge is 2.49. The summed E-state index contributed by atoms with van der Waals surface area (Å²) in [6.07, 6.45) is 2.98. The highest BCUT2D eigenvalue weighted by atomic mass is 16.6. The van der Waals surface area contributed by atoms with E-state index in [0.29, 0.717) is 18.5 Å². The zero-order valence-electron chi connectivity index (χ0n) is 22.4. The van der Waals surface area contributed by atoms with Crippen LogP contribution in [0.2, 0.25) is 0 Å². The number of fused-ring (bicyclic) bond motifs is 1. The molecule has 3 aromatic rings. The number of hydrogen-bond donors (Lipinski definition) is 1. The van der Waals surface area contributed by atoms with E-state index in [-0.39, 0.29) is 39.9 Å². The summed E-state index contributed by atoms with van der Waals surface area (Å²) in [6.45, 7) is 1.38. The number of amides is 3. The number of non-ortho nitro benzene ring substituents is 1. The normalized spacial score (nSPS) is 17.7. The largest absolute Gasteiger partial charge is 0.454 e. The van der Waals surface area contributed by atoms with Crippen LogP contribution in [-0.2, 0) is 14.3 Å². The second kappa shape index (κ2) is 11.6. The third-order valence-corrected chi connectivity index (χ3v) is 7.33. The summed E-state index contributed by atoms with van der Waals surface area (Å²) in [4.78, 5) is 75.6. The molecule has 11 heteroatoms. The molecule has 11 nitrogen and oxygen atoms in total. The Kier molecular flexibility index (Phi) is 7.74. The van der Waals surface area contributed by atoms with E-state index in [0.717, 1.165) is 10.5 Å². The molecule has 1 heterocycles. The molecular weight excluding hydrogens is 542 g/mol. The van der Waals surface area contributed by atoms with E-state index < -0.39 is 41.0 Å². The van der Waals surface area contributed by atoms with Gasteiger partial charge < -0.3 is 10.1 Å². The number of esters is 1. The maximum absolute atomic E-state index is 13.2. The van der Waals surface area contributed by atoms with Crippen molar-refractivity contribution in [2.75, 3.05) is 16.8 Å². The number of para-hydroxylation sites is 1. The minimum Gasteiger partial charge on any atom is -0.454 e. The van der Waals surface area contributed by atoms with E-state index in [1.165, 1.54) is 54.6 Å². The van der Waals surface area contributed by atoms with Crippen LogP contribution >= 0.6 is 0 Å². The van der Waals surface area contributed by atoms with Crippen LogP contribution in [0.3, 0.4) is 0 Å². The van der Waals surface area contributed by atoms with Crippen LogP contribution in [0.1, 0.15) is 50.8 Å². The van der Waals surface area contributed by atoms with Gasteiger partial charge in [-0.3, -0.25) is 29.3 Å². The molecule has 2 aliphatic rings. The molecule has 212 valence electrons. The summed E-state index contributed by atoms with van der Waals surface area (Å²) >= 11 is 0. The van der Waals surface area contributed by atoms with Gasteiger partial charge in [-0.1, -0.05) is 23.8 Å². The van der Waals surface area contributed by atoms with Gasteiger partial charge >= 0.3 is 5.97 Å². The summed E-state index contributed by atoms with van der Waals surface area (Å²) < 4.78 is 5.07. The molecule has 0 saturated carbocycles. The average molecular weight is 568 g/mol. The van der Waals surface area contributed by atoms with Gasteiger partial charge in [-0.15, -0.1) is 0 Å². The van der Waals surface area contributed by atoms with Crippen LogP contribution in [0, 0.1) is 22.0 Å². The Labute approximate surface area is 239 Å². The molecule has 0 bridgehead atoms. The molecule has 2 atom stereocenters. The predicted octanol–water partition coefficient (Wildman–Crippen LogP) is 4.73. The molecule has 1 saturated heterocycles. The predicted molar refractivity (Wildman–Crippen MR) is 151 cm³/mol. The average Bonchev–Trinajstić information content (AvgIpc) is 3.24. The third-order valence-electron chi connectivity index (χ3n) is 7.33. The molecule has 5 rings (SSSR count). The Hall–Kier alpha value is -5.45. The SMILES string of the molecule is CC1=CC[C@H]2C(=O)N(c3ccccc3C(=O)Nc3ccc(C(=O)OCC(=O)c4ccc([N+](=O)[O-])cc4)cc3)C(=O)[C@H]2C1. The molecule has 3 amide bonds. The Balaban J connectivity index is 1.22. The Morgan fingerprint density at radius 3 is 2.26 bits per heavy atom. The maximum atomic E-state index is 13.2. The lowest BCUT2D eigenvalue weighted by Crippen LogP contribution is -2.33. The fraction of sp³-hybridized carbons (Fsp3) is 0.194. The first-order chi connectivity index (χ1) is 20.1. The Morgan fingerprint density at radius 1 is 0.929 bits per heavy atom. The minimum atomic E-state index is -0.772. The standard InChI is InChI=1S/C31H25N3O8/c1-18-6-15-23-25(16-18)30(38)33(29(23)37)26-5-3-2-4-24(26)28(36)32-21-11-7-20(8-12-21)31(39)42-17-27(35)19-9-13-22(14-10-19)34(40)41/h2-14,23,25H,15-17H2,1H3,(H,32,36)/t23-,25+/m1/s1. The number of hydrogen-bond acceptors (Lipinski definition) is 8. The molecule has 0 radical (unpaired) electrons. The van der Waals surface area contributed by atoms with E-state index in [1.54, 1.807) is 18.2 Å². The molecule has 3 aromatic carbocycles. The second-order valence-corrected chi connectivity index (χ2v) is 10.1. The van der Waals surface area contributed by atoms with Gasteiger partial charge in [0.15, 0.2) is 12.4 Å². The number of ketones is 1. The monoisotopic (exact) mass is 567 g/mol. The summed E-state index contributed by atoms with van der Waals surface area (Å²) in [7, 11) is 0. The quantitative estimate of drug-likeness (QED) is 0.102. The summed E-state index contributed by atoms with van der Waals surface area (Å²) in [5, 5.41) is 13.5. The summed E-state index contributed by atoms with van der Waals surface area (Å²) in [6, 6.07) is 17.1. The number of Topliss-reactive ketones (excluding diaryl/α,β-unsaturated/α-hetero) is 1. The first-order valence-corrected chi connectivity index (χ1v) is 13.1. The number of ether oxygens (including phenoxy) is 1. The van der Waals surface area contributed by atoms with Gasteiger partial charge in [-0.25, -0.2) is 9.69 Å². The van der Waals surface area contributed by atoms with Gasteiger partial charge in [-0.2, -0.15) is 0 Å². The Bertz CT molecular complexity index is 1640. The van der Waals surface area contributed by atoms with E-state index in [2.05, 4.69) is 5.32 Å². The van der Waals surface area contributed by atoms with Crippen LogP contribution in [0.25, 0.3) is 0 Å². The minimum absolute atomic E-state index is 0.129. The fourth-order valence-corrected chi connectivity index (χ4v) is 5.09. The number of imide groups is 1. The highest BCUT2D eigenvalue weighted by molar-refractivity contribution is 6.25. The lowest BCUT2D eigenvalue weighted by molar-refractivity contribution is -0.384. The topological polar surface area (TPSA) is 153 Å². The molecule has 0 spiro atoms. The van der Waals surface area contributed by atoms with Crippen molar-refractivity contribution in [1.29, 1.82) is 0 Å². The number of rotatable bonds is 8. The van der Waals surface area contributed by atoms with Crippen LogP contribution < -0.4 is 10.2 Å². The molecule has 1 aliphatic carbocycles. The fourth-order valence-electron chi connectivity index (χ4n) is 5.09. The maximum Gasteiger partial charge on any atom is 0.338 e. The second-order valence-electron chi connectivity index (χ2n) is 10.1. The molecule has 1 N–H and O–H groups in total. The van der Waals surface area contributed by atoms with Gasteiger partial charge in [0.25, 0.3) is 11.6 Å². The van der Waals surface area contributed by atoms with Crippen molar-refractivity contribution in [2.45, 2.75) is 19.8 Å². The molecule has 0 aromatic heterocycles. The Morgan fingerprint density at radius 2 is 1.57 bits per heavy atom. The van der Waals surface area contributed by atoms with Gasteiger partial charge in [0.2, 0.25) is 11.8 Å². The first kappa shape index (κ1) is 28.1. The molecular formula is C31H25N3O8. The van der Waals surface area contributed by atoms with Gasteiger partial charge in [0.05, 0.1) is 33.6 Å². The van der Waals surface area contributed by atoms with Gasteiger partial charge in [0.1, 0.15) is 0 Å². The zero-order valence-corrected chi connectivity index (χ0v) is 22.4. The van der Waals surface area contributed by atoms with Crippen molar-refractivity contribution in [3.05, 3.63) is 111 Å². The van der Waals surface area contributed by atoms with E-state index >= 15 is 0 Å². The van der Waals surface area contributed by atoms with Crippen LogP contribution in [0.5, 0.6) is 0 Å². The van der Waals surface area contributed by atoms with Crippen molar-refractivity contribution < 1.29 is 33.6 Å². The molecule has 1 fully saturated rings. The van der Waals surface area contributed by atoms with Crippen molar-refractivity contribution in [2.24, 2.45) is 11.8 Å². The van der Waals surface area contributed by atoms with Crippen molar-refractivity contribution in [3.8, 4) is 0 Å². The van der Waals surface area contributed by atoms with E-state index in [1.807, 2.05) is 13.0 Å². The van der Waals surface area contributed by atoms with Crippen LogP contribution in [0.4, 0.5) is 17.1 Å². The van der Waals surface area contributed by atoms with E-state index in [9.17, 15) is 34.1 Å². The number of nitrogens with one attached hydrogen (secondary N) is 1. The molecule has 0 unspecified atom stereocenters. The van der Waals surface area contributed by atoms with Crippen LogP contribution in [0.15, 0.2) is 84.4 Å². The molecule has 1 aliphatic heterocycles. The molecule has 42 heavy (non-hydrogen) atoms. The smallest absolute Gasteiger partial charge is 0.338 e. The van der Waals surface area contributed by atoms with Crippen LogP contribution in [-0.4, -0.2) is 41.0 Å². The number of nitro groups is 1. The van der Waals surface area contributed by atoms with Gasteiger partial charge in [-0.05, 0) is 68.3 Å².